The topological polar surface area (TPSA) is 112 Å². The van der Waals surface area contributed by atoms with Gasteiger partial charge < -0.3 is 15.3 Å². The molecule has 0 spiro atoms. The van der Waals surface area contributed by atoms with Crippen LogP contribution < -0.4 is 0 Å². The third-order valence-corrected chi connectivity index (χ3v) is 13.9. The summed E-state index contributed by atoms with van der Waals surface area (Å²) in [4.78, 5) is 40.7. The number of ketones is 3. The second-order valence-electron chi connectivity index (χ2n) is 19.9. The molecule has 0 saturated heterocycles. The standard InChI is InChI=1S/C56H108O6/c1-5-8-11-14-17-20-23-26-28-30-33-36-39-42-45-48-51(57)54(60)56(62,52(58)49-46-43-40-37-34-31-29-27-24-21-18-15-12-9-6-2)55(61)53(59)50(4)47-44-41-38-35-32-25-22-19-16-13-10-7-3/h50,54-55,60-62H,5-49H2,1-4H3. The Bertz CT molecular complexity index is 997. The molecule has 0 aliphatic carbocycles. The van der Waals surface area contributed by atoms with Gasteiger partial charge in [-0.1, -0.05) is 285 Å². The van der Waals surface area contributed by atoms with E-state index in [9.17, 15) is 29.7 Å². The first kappa shape index (κ1) is 60.9. The number of carbonyl (C=O) groups excluding carboxylic acids is 3. The van der Waals surface area contributed by atoms with Crippen molar-refractivity contribution in [1.29, 1.82) is 0 Å². The van der Waals surface area contributed by atoms with E-state index >= 15 is 0 Å². The zero-order chi connectivity index (χ0) is 45.8. The van der Waals surface area contributed by atoms with Gasteiger partial charge in [-0.05, 0) is 19.3 Å². The Morgan fingerprint density at radius 3 is 0.887 bits per heavy atom. The van der Waals surface area contributed by atoms with Gasteiger partial charge in [0, 0.05) is 18.8 Å². The summed E-state index contributed by atoms with van der Waals surface area (Å²) in [6, 6.07) is 0. The molecule has 0 aromatic carbocycles. The van der Waals surface area contributed by atoms with Gasteiger partial charge in [0.15, 0.2) is 35.2 Å². The lowest BCUT2D eigenvalue weighted by Crippen LogP contribution is -2.63. The van der Waals surface area contributed by atoms with Crippen molar-refractivity contribution in [2.24, 2.45) is 5.92 Å². The van der Waals surface area contributed by atoms with Gasteiger partial charge in [0.2, 0.25) is 0 Å². The molecule has 0 aromatic heterocycles. The van der Waals surface area contributed by atoms with Crippen molar-refractivity contribution in [3.8, 4) is 0 Å². The lowest BCUT2D eigenvalue weighted by Gasteiger charge is -2.35. The zero-order valence-corrected chi connectivity index (χ0v) is 42.1. The van der Waals surface area contributed by atoms with Gasteiger partial charge in [0.05, 0.1) is 0 Å². The monoisotopic (exact) mass is 877 g/mol. The SMILES string of the molecule is CCCCCCCCCCCCCCCCCC(=O)C(O)C(O)(C(=O)CCCCCCCCCCCCCCCCC)C(O)C(=O)C(C)CCCCCCCCCCCCCC. The van der Waals surface area contributed by atoms with Gasteiger partial charge in [-0.3, -0.25) is 14.4 Å². The number of hydrogen-bond acceptors (Lipinski definition) is 6. The summed E-state index contributed by atoms with van der Waals surface area (Å²) < 4.78 is 0. The molecule has 4 atom stereocenters. The molecular weight excluding hydrogens is 769 g/mol. The minimum atomic E-state index is -2.82. The predicted molar refractivity (Wildman–Crippen MR) is 266 cm³/mol. The number of Topliss-reactive ketones (excluding diaryl/α,β-unsaturated/α-hetero) is 3. The fraction of sp³-hybridized carbons (Fsp3) is 0.946. The quantitative estimate of drug-likeness (QED) is 0.0525. The van der Waals surface area contributed by atoms with Crippen LogP contribution in [0.25, 0.3) is 0 Å². The van der Waals surface area contributed by atoms with Gasteiger partial charge >= 0.3 is 0 Å². The van der Waals surface area contributed by atoms with Crippen LogP contribution in [0.5, 0.6) is 0 Å². The maximum atomic E-state index is 13.7. The Morgan fingerprint density at radius 2 is 0.597 bits per heavy atom. The highest BCUT2D eigenvalue weighted by Crippen LogP contribution is 2.28. The zero-order valence-electron chi connectivity index (χ0n) is 42.1. The summed E-state index contributed by atoms with van der Waals surface area (Å²) in [6.45, 7) is 8.50. The first-order valence-electron chi connectivity index (χ1n) is 27.9. The number of unbranched alkanes of at least 4 members (excludes halogenated alkanes) is 39. The molecule has 4 unspecified atom stereocenters. The number of carbonyl (C=O) groups is 3. The van der Waals surface area contributed by atoms with Gasteiger partial charge in [-0.15, -0.1) is 0 Å². The summed E-state index contributed by atoms with van der Waals surface area (Å²) in [5, 5.41) is 34.5. The molecule has 62 heavy (non-hydrogen) atoms. The molecule has 0 aliphatic heterocycles. The minimum absolute atomic E-state index is 0.0172. The molecule has 0 radical (unpaired) electrons. The van der Waals surface area contributed by atoms with Crippen molar-refractivity contribution < 1.29 is 29.7 Å². The van der Waals surface area contributed by atoms with Crippen LogP contribution in [0, 0.1) is 5.92 Å². The number of rotatable bonds is 51. The maximum Gasteiger partial charge on any atom is 0.189 e. The molecule has 0 heterocycles. The molecule has 0 amide bonds. The van der Waals surface area contributed by atoms with Crippen molar-refractivity contribution >= 4 is 17.3 Å². The van der Waals surface area contributed by atoms with Crippen molar-refractivity contribution in [1.82, 2.24) is 0 Å². The highest BCUT2D eigenvalue weighted by molar-refractivity contribution is 6.02. The van der Waals surface area contributed by atoms with Crippen LogP contribution in [0.2, 0.25) is 0 Å². The van der Waals surface area contributed by atoms with Crippen LogP contribution in [0.3, 0.4) is 0 Å². The average molecular weight is 877 g/mol. The first-order valence-corrected chi connectivity index (χ1v) is 27.9. The second kappa shape index (κ2) is 45.1. The molecule has 6 nitrogen and oxygen atoms in total. The van der Waals surface area contributed by atoms with Gasteiger partial charge in [-0.25, -0.2) is 0 Å². The highest BCUT2D eigenvalue weighted by atomic mass is 16.4. The third-order valence-electron chi connectivity index (χ3n) is 13.9. The molecule has 0 rings (SSSR count). The Morgan fingerprint density at radius 1 is 0.355 bits per heavy atom. The molecular formula is C56H108O6. The normalized spacial score (nSPS) is 14.2. The third kappa shape index (κ3) is 33.4. The Balaban J connectivity index is 4.85. The summed E-state index contributed by atoms with van der Waals surface area (Å²) in [6.07, 6.45) is 46.6. The molecule has 0 saturated carbocycles. The van der Waals surface area contributed by atoms with Crippen LogP contribution in [-0.2, 0) is 14.4 Å². The minimum Gasteiger partial charge on any atom is -0.382 e. The van der Waals surface area contributed by atoms with Crippen LogP contribution in [-0.4, -0.2) is 50.5 Å². The van der Waals surface area contributed by atoms with Gasteiger partial charge in [0.1, 0.15) is 0 Å². The smallest absolute Gasteiger partial charge is 0.189 e. The fourth-order valence-electron chi connectivity index (χ4n) is 9.28. The van der Waals surface area contributed by atoms with Crippen molar-refractivity contribution in [2.45, 2.75) is 334 Å². The Kier molecular flexibility index (Phi) is 44.3. The highest BCUT2D eigenvalue weighted by Gasteiger charge is 2.54. The van der Waals surface area contributed by atoms with E-state index in [0.29, 0.717) is 19.3 Å². The van der Waals surface area contributed by atoms with Crippen LogP contribution in [0.1, 0.15) is 317 Å². The van der Waals surface area contributed by atoms with Crippen molar-refractivity contribution in [3.63, 3.8) is 0 Å². The van der Waals surface area contributed by atoms with E-state index in [1.54, 1.807) is 6.92 Å². The first-order chi connectivity index (χ1) is 30.2. The fourth-order valence-corrected chi connectivity index (χ4v) is 9.28. The molecule has 368 valence electrons. The number of aliphatic hydroxyl groups excluding tert-OH is 2. The maximum absolute atomic E-state index is 13.7. The van der Waals surface area contributed by atoms with E-state index in [2.05, 4.69) is 20.8 Å². The number of aliphatic hydroxyl groups is 3. The second-order valence-corrected chi connectivity index (χ2v) is 19.9. The number of hydrogen-bond donors (Lipinski definition) is 3. The van der Waals surface area contributed by atoms with Crippen molar-refractivity contribution in [3.05, 3.63) is 0 Å². The summed E-state index contributed by atoms with van der Waals surface area (Å²) in [7, 11) is 0. The van der Waals surface area contributed by atoms with Crippen molar-refractivity contribution in [2.75, 3.05) is 0 Å². The summed E-state index contributed by atoms with van der Waals surface area (Å²) in [5.74, 6) is -2.69. The summed E-state index contributed by atoms with van der Waals surface area (Å²) in [5.41, 5.74) is -2.82. The molecule has 0 bridgehead atoms. The predicted octanol–water partition coefficient (Wildman–Crippen LogP) is 16.4. The van der Waals surface area contributed by atoms with Gasteiger partial charge in [-0.2, -0.15) is 0 Å². The van der Waals surface area contributed by atoms with Crippen LogP contribution in [0.4, 0.5) is 0 Å². The van der Waals surface area contributed by atoms with Gasteiger partial charge in [0.25, 0.3) is 0 Å². The molecule has 0 aliphatic rings. The van der Waals surface area contributed by atoms with E-state index in [1.807, 2.05) is 0 Å². The lowest BCUT2D eigenvalue weighted by atomic mass is 9.77. The Labute approximate surface area is 386 Å². The Hall–Kier alpha value is -1.11. The van der Waals surface area contributed by atoms with E-state index in [0.717, 1.165) is 57.8 Å². The van der Waals surface area contributed by atoms with E-state index in [4.69, 9.17) is 0 Å². The molecule has 3 N–H and O–H groups in total. The average Bonchev–Trinajstić information content (AvgIpc) is 3.27. The van der Waals surface area contributed by atoms with E-state index < -0.39 is 41.1 Å². The molecule has 0 fully saturated rings. The van der Waals surface area contributed by atoms with E-state index in [1.165, 1.54) is 199 Å². The summed E-state index contributed by atoms with van der Waals surface area (Å²) >= 11 is 0. The van der Waals surface area contributed by atoms with E-state index in [-0.39, 0.29) is 12.8 Å². The van der Waals surface area contributed by atoms with Crippen LogP contribution >= 0.6 is 0 Å². The van der Waals surface area contributed by atoms with Crippen LogP contribution in [0.15, 0.2) is 0 Å². The lowest BCUT2D eigenvalue weighted by molar-refractivity contribution is -0.183. The molecule has 6 heteroatoms. The largest absolute Gasteiger partial charge is 0.382 e. The molecule has 0 aromatic rings.